The van der Waals surface area contributed by atoms with Gasteiger partial charge in [-0.1, -0.05) is 20.3 Å². The lowest BCUT2D eigenvalue weighted by Crippen LogP contribution is -2.53. The van der Waals surface area contributed by atoms with Crippen LogP contribution in [0.4, 0.5) is 0 Å². The van der Waals surface area contributed by atoms with E-state index in [-0.39, 0.29) is 0 Å². The first-order valence-electron chi connectivity index (χ1n) is 6.80. The Kier molecular flexibility index (Phi) is 3.12. The zero-order chi connectivity index (χ0) is 11.1. The monoisotopic (exact) mass is 209 g/mol. The van der Waals surface area contributed by atoms with Crippen molar-refractivity contribution in [3.63, 3.8) is 0 Å². The van der Waals surface area contributed by atoms with Crippen LogP contribution in [0.2, 0.25) is 0 Å². The molecule has 1 saturated heterocycles. The number of hydrogen-bond acceptors (Lipinski definition) is 1. The molecule has 2 rings (SSSR count). The van der Waals surface area contributed by atoms with Crippen molar-refractivity contribution < 1.29 is 0 Å². The second-order valence-corrected chi connectivity index (χ2v) is 6.45. The molecule has 0 bridgehead atoms. The standard InChI is InChI=1S/C14H27N/c1-11(2)13-10-14(6-5-7-14)8-9-15(13)12(3)4/h11-13H,5-10H2,1-4H3. The van der Waals surface area contributed by atoms with E-state index in [2.05, 4.69) is 32.6 Å². The average molecular weight is 209 g/mol. The van der Waals surface area contributed by atoms with Crippen molar-refractivity contribution >= 4 is 0 Å². The second-order valence-electron chi connectivity index (χ2n) is 6.45. The van der Waals surface area contributed by atoms with Crippen LogP contribution in [0.3, 0.4) is 0 Å². The molecule has 88 valence electrons. The van der Waals surface area contributed by atoms with E-state index in [4.69, 9.17) is 0 Å². The van der Waals surface area contributed by atoms with Crippen LogP contribution in [0.5, 0.6) is 0 Å². The molecule has 1 aliphatic carbocycles. The Morgan fingerprint density at radius 3 is 2.13 bits per heavy atom. The van der Waals surface area contributed by atoms with Crippen molar-refractivity contribution in [2.24, 2.45) is 11.3 Å². The molecule has 0 radical (unpaired) electrons. The SMILES string of the molecule is CC(C)C1CC2(CCC2)CCN1C(C)C. The minimum atomic E-state index is 0.731. The summed E-state index contributed by atoms with van der Waals surface area (Å²) in [7, 11) is 0. The molecule has 1 nitrogen and oxygen atoms in total. The molecule has 2 aliphatic rings. The normalized spacial score (nSPS) is 31.2. The molecule has 2 fully saturated rings. The molecule has 1 heteroatoms. The van der Waals surface area contributed by atoms with Crippen molar-refractivity contribution in [3.8, 4) is 0 Å². The molecular formula is C14H27N. The number of hydrogen-bond donors (Lipinski definition) is 0. The van der Waals surface area contributed by atoms with Crippen LogP contribution in [-0.2, 0) is 0 Å². The number of likely N-dealkylation sites (tertiary alicyclic amines) is 1. The maximum Gasteiger partial charge on any atom is 0.0126 e. The van der Waals surface area contributed by atoms with Crippen LogP contribution >= 0.6 is 0 Å². The van der Waals surface area contributed by atoms with Crippen LogP contribution in [0.1, 0.15) is 59.8 Å². The van der Waals surface area contributed by atoms with Gasteiger partial charge in [0.05, 0.1) is 0 Å². The van der Waals surface area contributed by atoms with Gasteiger partial charge in [0, 0.05) is 12.1 Å². The zero-order valence-electron chi connectivity index (χ0n) is 10.9. The summed E-state index contributed by atoms with van der Waals surface area (Å²) in [4.78, 5) is 2.74. The Morgan fingerprint density at radius 1 is 1.07 bits per heavy atom. The smallest absolute Gasteiger partial charge is 0.0126 e. The molecule has 0 aromatic heterocycles. The van der Waals surface area contributed by atoms with Gasteiger partial charge >= 0.3 is 0 Å². The van der Waals surface area contributed by atoms with Crippen molar-refractivity contribution in [2.45, 2.75) is 71.9 Å². The van der Waals surface area contributed by atoms with Gasteiger partial charge in [-0.25, -0.2) is 0 Å². The predicted octanol–water partition coefficient (Wildman–Crippen LogP) is 3.69. The fourth-order valence-corrected chi connectivity index (χ4v) is 3.59. The first-order valence-corrected chi connectivity index (χ1v) is 6.80. The van der Waals surface area contributed by atoms with Crippen molar-refractivity contribution in [1.82, 2.24) is 4.90 Å². The lowest BCUT2D eigenvalue weighted by atomic mass is 9.60. The molecule has 0 aromatic carbocycles. The van der Waals surface area contributed by atoms with E-state index < -0.39 is 0 Å². The van der Waals surface area contributed by atoms with Crippen molar-refractivity contribution in [1.29, 1.82) is 0 Å². The summed E-state index contributed by atoms with van der Waals surface area (Å²) in [5, 5.41) is 0. The summed E-state index contributed by atoms with van der Waals surface area (Å²) in [6, 6.07) is 1.58. The number of piperidine rings is 1. The van der Waals surface area contributed by atoms with Gasteiger partial charge in [-0.2, -0.15) is 0 Å². The van der Waals surface area contributed by atoms with E-state index in [1.165, 1.54) is 38.6 Å². The van der Waals surface area contributed by atoms with E-state index in [0.29, 0.717) is 0 Å². The van der Waals surface area contributed by atoms with Crippen LogP contribution in [0.25, 0.3) is 0 Å². The quantitative estimate of drug-likeness (QED) is 0.670. The third-order valence-corrected chi connectivity index (χ3v) is 4.82. The highest BCUT2D eigenvalue weighted by Gasteiger charge is 2.44. The van der Waals surface area contributed by atoms with Crippen LogP contribution in [0, 0.1) is 11.3 Å². The molecule has 0 N–H and O–H groups in total. The highest BCUT2D eigenvalue weighted by molar-refractivity contribution is 4.97. The molecule has 1 heterocycles. The third kappa shape index (κ3) is 2.08. The first kappa shape index (κ1) is 11.4. The van der Waals surface area contributed by atoms with Gasteiger partial charge in [0.15, 0.2) is 0 Å². The number of rotatable bonds is 2. The largest absolute Gasteiger partial charge is 0.298 e. The zero-order valence-corrected chi connectivity index (χ0v) is 10.9. The second kappa shape index (κ2) is 4.08. The Bertz CT molecular complexity index is 215. The molecule has 15 heavy (non-hydrogen) atoms. The topological polar surface area (TPSA) is 3.24 Å². The molecule has 0 aromatic rings. The van der Waals surface area contributed by atoms with Gasteiger partial charge in [-0.3, -0.25) is 4.90 Å². The molecular weight excluding hydrogens is 182 g/mol. The van der Waals surface area contributed by atoms with Gasteiger partial charge in [0.1, 0.15) is 0 Å². The summed E-state index contributed by atoms with van der Waals surface area (Å²) in [6.45, 7) is 10.9. The third-order valence-electron chi connectivity index (χ3n) is 4.82. The van der Waals surface area contributed by atoms with Gasteiger partial charge in [0.2, 0.25) is 0 Å². The maximum absolute atomic E-state index is 2.74. The van der Waals surface area contributed by atoms with E-state index in [1.54, 1.807) is 0 Å². The Labute approximate surface area is 95.2 Å². The molecule has 1 saturated carbocycles. The van der Waals surface area contributed by atoms with E-state index in [0.717, 1.165) is 23.4 Å². The van der Waals surface area contributed by atoms with Gasteiger partial charge in [-0.05, 0) is 57.4 Å². The van der Waals surface area contributed by atoms with Gasteiger partial charge < -0.3 is 0 Å². The fraction of sp³-hybridized carbons (Fsp3) is 1.00. The molecule has 1 spiro atoms. The summed E-state index contributed by atoms with van der Waals surface area (Å²) in [6.07, 6.45) is 7.47. The van der Waals surface area contributed by atoms with Crippen molar-refractivity contribution in [3.05, 3.63) is 0 Å². The van der Waals surface area contributed by atoms with Crippen molar-refractivity contribution in [2.75, 3.05) is 6.54 Å². The summed E-state index contributed by atoms with van der Waals surface area (Å²) in [5.74, 6) is 0.824. The fourth-order valence-electron chi connectivity index (χ4n) is 3.59. The van der Waals surface area contributed by atoms with E-state index in [1.807, 2.05) is 0 Å². The average Bonchev–Trinajstić information content (AvgIpc) is 2.14. The minimum absolute atomic E-state index is 0.731. The van der Waals surface area contributed by atoms with E-state index in [9.17, 15) is 0 Å². The summed E-state index contributed by atoms with van der Waals surface area (Å²) >= 11 is 0. The van der Waals surface area contributed by atoms with Gasteiger partial charge in [-0.15, -0.1) is 0 Å². The Morgan fingerprint density at radius 2 is 1.73 bits per heavy atom. The van der Waals surface area contributed by atoms with Crippen LogP contribution in [-0.4, -0.2) is 23.5 Å². The van der Waals surface area contributed by atoms with Gasteiger partial charge in [0.25, 0.3) is 0 Å². The highest BCUT2D eigenvalue weighted by Crippen LogP contribution is 2.51. The molecule has 1 unspecified atom stereocenters. The maximum atomic E-state index is 2.74. The Hall–Kier alpha value is -0.0400. The lowest BCUT2D eigenvalue weighted by Gasteiger charge is -2.54. The summed E-state index contributed by atoms with van der Waals surface area (Å²) < 4.78 is 0. The Balaban J connectivity index is 2.05. The number of nitrogens with zero attached hydrogens (tertiary/aromatic N) is 1. The minimum Gasteiger partial charge on any atom is -0.298 e. The van der Waals surface area contributed by atoms with E-state index >= 15 is 0 Å². The summed E-state index contributed by atoms with van der Waals surface area (Å²) in [5.41, 5.74) is 0.778. The van der Waals surface area contributed by atoms with Crippen LogP contribution in [0.15, 0.2) is 0 Å². The molecule has 1 atom stereocenters. The first-order chi connectivity index (χ1) is 7.04. The molecule has 1 aliphatic heterocycles. The molecule has 0 amide bonds. The lowest BCUT2D eigenvalue weighted by molar-refractivity contribution is -0.0335. The highest BCUT2D eigenvalue weighted by atomic mass is 15.2. The predicted molar refractivity (Wildman–Crippen MR) is 66.0 cm³/mol. The van der Waals surface area contributed by atoms with Crippen LogP contribution < -0.4 is 0 Å².